The van der Waals surface area contributed by atoms with Gasteiger partial charge in [0.25, 0.3) is 0 Å². The van der Waals surface area contributed by atoms with Gasteiger partial charge in [-0.1, -0.05) is 11.6 Å². The summed E-state index contributed by atoms with van der Waals surface area (Å²) in [6.45, 7) is -0.0845. The van der Waals surface area contributed by atoms with E-state index in [1.165, 1.54) is 0 Å². The van der Waals surface area contributed by atoms with Crippen molar-refractivity contribution in [2.75, 3.05) is 5.73 Å². The number of hydrogen-bond acceptors (Lipinski definition) is 2. The summed E-state index contributed by atoms with van der Waals surface area (Å²) in [5.74, 6) is 0. The predicted octanol–water partition coefficient (Wildman–Crippen LogP) is 2.18. The van der Waals surface area contributed by atoms with Gasteiger partial charge in [-0.2, -0.15) is 0 Å². The van der Waals surface area contributed by atoms with Crippen molar-refractivity contribution in [3.8, 4) is 0 Å². The lowest BCUT2D eigenvalue weighted by atomic mass is 10.2. The van der Waals surface area contributed by atoms with E-state index in [1.54, 1.807) is 12.1 Å². The summed E-state index contributed by atoms with van der Waals surface area (Å²) in [4.78, 5) is 0. The molecule has 0 spiro atoms. The molecule has 1 aromatic rings. The molecular weight excluding hydrogens is 229 g/mol. The standard InChI is InChI=1S/C7H7BrClNO/c8-5-2-7(10)4(3-11)1-6(5)9/h1-2,11H,3,10H2. The molecule has 11 heavy (non-hydrogen) atoms. The largest absolute Gasteiger partial charge is 0.398 e. The zero-order chi connectivity index (χ0) is 8.43. The van der Waals surface area contributed by atoms with Gasteiger partial charge >= 0.3 is 0 Å². The summed E-state index contributed by atoms with van der Waals surface area (Å²) in [5, 5.41) is 9.34. The first kappa shape index (κ1) is 8.84. The lowest BCUT2D eigenvalue weighted by molar-refractivity contribution is 0.282. The minimum absolute atomic E-state index is 0.0845. The van der Waals surface area contributed by atoms with Gasteiger partial charge in [0.15, 0.2) is 0 Å². The Morgan fingerprint density at radius 2 is 2.18 bits per heavy atom. The molecule has 4 heteroatoms. The summed E-state index contributed by atoms with van der Waals surface area (Å²) >= 11 is 8.97. The highest BCUT2D eigenvalue weighted by Gasteiger charge is 2.02. The quantitative estimate of drug-likeness (QED) is 0.734. The number of nitrogens with two attached hydrogens (primary N) is 1. The van der Waals surface area contributed by atoms with Crippen LogP contribution in [-0.4, -0.2) is 5.11 Å². The van der Waals surface area contributed by atoms with Gasteiger partial charge in [0, 0.05) is 15.7 Å². The maximum Gasteiger partial charge on any atom is 0.0702 e. The zero-order valence-electron chi connectivity index (χ0n) is 5.64. The summed E-state index contributed by atoms with van der Waals surface area (Å²) in [7, 11) is 0. The number of halogens is 2. The molecule has 0 heterocycles. The molecule has 2 nitrogen and oxygen atoms in total. The van der Waals surface area contributed by atoms with E-state index in [1.807, 2.05) is 0 Å². The molecule has 0 aliphatic carbocycles. The maximum atomic E-state index is 8.78. The lowest BCUT2D eigenvalue weighted by Gasteiger charge is -2.03. The van der Waals surface area contributed by atoms with Gasteiger partial charge in [-0.25, -0.2) is 0 Å². The fourth-order valence-electron chi connectivity index (χ4n) is 0.740. The molecular formula is C7H7BrClNO. The molecule has 0 saturated heterocycles. The van der Waals surface area contributed by atoms with E-state index < -0.39 is 0 Å². The molecule has 0 aromatic heterocycles. The topological polar surface area (TPSA) is 46.2 Å². The van der Waals surface area contributed by atoms with Crippen molar-refractivity contribution in [2.45, 2.75) is 6.61 Å². The third-order valence-electron chi connectivity index (χ3n) is 1.35. The number of benzene rings is 1. The molecule has 3 N–H and O–H groups in total. The molecule has 0 aliphatic heterocycles. The lowest BCUT2D eigenvalue weighted by Crippen LogP contribution is -1.93. The highest BCUT2D eigenvalue weighted by Crippen LogP contribution is 2.27. The van der Waals surface area contributed by atoms with Crippen molar-refractivity contribution in [3.05, 3.63) is 27.2 Å². The van der Waals surface area contributed by atoms with Crippen LogP contribution in [0, 0.1) is 0 Å². The molecule has 60 valence electrons. The minimum Gasteiger partial charge on any atom is -0.398 e. The van der Waals surface area contributed by atoms with Crippen molar-refractivity contribution in [1.82, 2.24) is 0 Å². The zero-order valence-corrected chi connectivity index (χ0v) is 7.98. The summed E-state index contributed by atoms with van der Waals surface area (Å²) in [5.41, 5.74) is 6.75. The monoisotopic (exact) mass is 235 g/mol. The fraction of sp³-hybridized carbons (Fsp3) is 0.143. The van der Waals surface area contributed by atoms with Crippen molar-refractivity contribution in [3.63, 3.8) is 0 Å². The second-order valence-electron chi connectivity index (χ2n) is 2.12. The van der Waals surface area contributed by atoms with E-state index in [9.17, 15) is 0 Å². The average Bonchev–Trinajstić information content (AvgIpc) is 1.97. The number of aliphatic hydroxyl groups excluding tert-OH is 1. The van der Waals surface area contributed by atoms with Gasteiger partial charge < -0.3 is 10.8 Å². The average molecular weight is 236 g/mol. The Kier molecular flexibility index (Phi) is 2.76. The molecule has 0 fully saturated rings. The Bertz CT molecular complexity index is 277. The van der Waals surface area contributed by atoms with Crippen molar-refractivity contribution in [1.29, 1.82) is 0 Å². The van der Waals surface area contributed by atoms with Crippen LogP contribution in [0.15, 0.2) is 16.6 Å². The van der Waals surface area contributed by atoms with E-state index in [-0.39, 0.29) is 6.61 Å². The van der Waals surface area contributed by atoms with E-state index in [0.717, 1.165) is 4.47 Å². The molecule has 1 aromatic carbocycles. The molecule has 0 radical (unpaired) electrons. The van der Waals surface area contributed by atoms with Crippen LogP contribution >= 0.6 is 27.5 Å². The Balaban J connectivity index is 3.21. The molecule has 0 amide bonds. The van der Waals surface area contributed by atoms with Crippen LogP contribution in [0.3, 0.4) is 0 Å². The Hall–Kier alpha value is -0.250. The van der Waals surface area contributed by atoms with Gasteiger partial charge in [-0.05, 0) is 28.1 Å². The molecule has 0 bridgehead atoms. The van der Waals surface area contributed by atoms with Crippen molar-refractivity contribution >= 4 is 33.2 Å². The third-order valence-corrected chi connectivity index (χ3v) is 2.55. The van der Waals surface area contributed by atoms with E-state index in [2.05, 4.69) is 15.9 Å². The first-order valence-electron chi connectivity index (χ1n) is 2.99. The van der Waals surface area contributed by atoms with Crippen LogP contribution in [0.2, 0.25) is 5.02 Å². The smallest absolute Gasteiger partial charge is 0.0702 e. The first-order valence-corrected chi connectivity index (χ1v) is 4.16. The number of aliphatic hydroxyl groups is 1. The Morgan fingerprint density at radius 1 is 1.55 bits per heavy atom. The van der Waals surface area contributed by atoms with Gasteiger partial charge in [-0.3, -0.25) is 0 Å². The number of anilines is 1. The first-order chi connectivity index (χ1) is 5.15. The van der Waals surface area contributed by atoms with Gasteiger partial charge in [0.1, 0.15) is 0 Å². The van der Waals surface area contributed by atoms with Crippen LogP contribution in [0.25, 0.3) is 0 Å². The predicted molar refractivity (Wildman–Crippen MR) is 49.5 cm³/mol. The highest BCUT2D eigenvalue weighted by atomic mass is 79.9. The van der Waals surface area contributed by atoms with Crippen molar-refractivity contribution in [2.24, 2.45) is 0 Å². The summed E-state index contributed by atoms with van der Waals surface area (Å²) < 4.78 is 0.744. The maximum absolute atomic E-state index is 8.78. The molecule has 0 saturated carbocycles. The molecule has 1 rings (SSSR count). The second-order valence-corrected chi connectivity index (χ2v) is 3.38. The third kappa shape index (κ3) is 1.86. The minimum atomic E-state index is -0.0845. The molecule has 0 unspecified atom stereocenters. The second kappa shape index (κ2) is 3.43. The fourth-order valence-corrected chi connectivity index (χ4v) is 1.29. The van der Waals surface area contributed by atoms with Crippen LogP contribution < -0.4 is 5.73 Å². The summed E-state index contributed by atoms with van der Waals surface area (Å²) in [6, 6.07) is 3.31. The van der Waals surface area contributed by atoms with Crippen LogP contribution in [0.5, 0.6) is 0 Å². The van der Waals surface area contributed by atoms with Crippen LogP contribution in [-0.2, 0) is 6.61 Å². The van der Waals surface area contributed by atoms with E-state index in [4.69, 9.17) is 22.4 Å². The normalized spacial score (nSPS) is 10.1. The molecule has 0 atom stereocenters. The SMILES string of the molecule is Nc1cc(Br)c(Cl)cc1CO. The van der Waals surface area contributed by atoms with E-state index >= 15 is 0 Å². The van der Waals surface area contributed by atoms with Crippen molar-refractivity contribution < 1.29 is 5.11 Å². The van der Waals surface area contributed by atoms with Gasteiger partial charge in [0.05, 0.1) is 11.6 Å². The van der Waals surface area contributed by atoms with E-state index in [0.29, 0.717) is 16.3 Å². The van der Waals surface area contributed by atoms with Crippen LogP contribution in [0.1, 0.15) is 5.56 Å². The number of nitrogen functional groups attached to an aromatic ring is 1. The Morgan fingerprint density at radius 3 is 2.73 bits per heavy atom. The number of rotatable bonds is 1. The van der Waals surface area contributed by atoms with Crippen LogP contribution in [0.4, 0.5) is 5.69 Å². The molecule has 0 aliphatic rings. The Labute approximate surface area is 78.1 Å². The van der Waals surface area contributed by atoms with Gasteiger partial charge in [0.2, 0.25) is 0 Å². The highest BCUT2D eigenvalue weighted by molar-refractivity contribution is 9.10. The number of hydrogen-bond donors (Lipinski definition) is 2. The van der Waals surface area contributed by atoms with Gasteiger partial charge in [-0.15, -0.1) is 0 Å². The summed E-state index contributed by atoms with van der Waals surface area (Å²) in [6.07, 6.45) is 0.